The van der Waals surface area contributed by atoms with Crippen LogP contribution in [-0.2, 0) is 16.6 Å². The average molecular weight is 429 g/mol. The predicted molar refractivity (Wildman–Crippen MR) is 114 cm³/mol. The Morgan fingerprint density at radius 3 is 2.27 bits per heavy atom. The zero-order chi connectivity index (χ0) is 21.9. The number of carbonyl (C=O) groups is 1. The third-order valence-corrected chi connectivity index (χ3v) is 6.51. The first-order chi connectivity index (χ1) is 14.2. The smallest absolute Gasteiger partial charge is 0.264 e. The van der Waals surface area contributed by atoms with Crippen LogP contribution < -0.4 is 9.04 Å². The molecule has 30 heavy (non-hydrogen) atoms. The molecule has 0 aliphatic rings. The van der Waals surface area contributed by atoms with Gasteiger partial charge < -0.3 is 14.1 Å². The monoisotopic (exact) mass is 428 g/mol. The number of rotatable bonds is 7. The van der Waals surface area contributed by atoms with Gasteiger partial charge in [0.05, 0.1) is 24.2 Å². The molecule has 1 heterocycles. The molecule has 0 N–H and O–H groups in total. The summed E-state index contributed by atoms with van der Waals surface area (Å²) in [6.45, 7) is 2.16. The molecule has 1 amide bonds. The highest BCUT2D eigenvalue weighted by Gasteiger charge is 2.24. The van der Waals surface area contributed by atoms with Crippen molar-refractivity contribution in [3.8, 4) is 5.75 Å². The summed E-state index contributed by atoms with van der Waals surface area (Å²) in [5, 5.41) is 0. The molecule has 0 aliphatic carbocycles. The number of hydrogen-bond acceptors (Lipinski definition) is 5. The van der Waals surface area contributed by atoms with Crippen LogP contribution in [0.25, 0.3) is 0 Å². The molecule has 3 aromatic rings. The molecule has 0 bridgehead atoms. The van der Waals surface area contributed by atoms with Gasteiger partial charge >= 0.3 is 0 Å². The maximum Gasteiger partial charge on any atom is 0.264 e. The minimum atomic E-state index is -3.82. The lowest BCUT2D eigenvalue weighted by molar-refractivity contribution is 0.0775. The van der Waals surface area contributed by atoms with E-state index in [1.165, 1.54) is 43.3 Å². The molecule has 7 nitrogen and oxygen atoms in total. The highest BCUT2D eigenvalue weighted by molar-refractivity contribution is 7.92. The van der Waals surface area contributed by atoms with E-state index in [9.17, 15) is 13.2 Å². The van der Waals surface area contributed by atoms with Crippen LogP contribution in [-0.4, -0.2) is 40.4 Å². The van der Waals surface area contributed by atoms with Gasteiger partial charge in [0.25, 0.3) is 15.9 Å². The van der Waals surface area contributed by atoms with Crippen molar-refractivity contribution in [3.63, 3.8) is 0 Å². The summed E-state index contributed by atoms with van der Waals surface area (Å²) in [4.78, 5) is 14.3. The van der Waals surface area contributed by atoms with Crippen molar-refractivity contribution in [2.45, 2.75) is 18.4 Å². The molecule has 0 atom stereocenters. The summed E-state index contributed by atoms with van der Waals surface area (Å²) in [7, 11) is 0.797. The summed E-state index contributed by atoms with van der Waals surface area (Å²) >= 11 is 0. The van der Waals surface area contributed by atoms with Gasteiger partial charge in [-0.15, -0.1) is 0 Å². The summed E-state index contributed by atoms with van der Waals surface area (Å²) in [6.07, 6.45) is 0. The fourth-order valence-corrected chi connectivity index (χ4v) is 4.25. The largest absolute Gasteiger partial charge is 0.495 e. The molecule has 1 aromatic heterocycles. The summed E-state index contributed by atoms with van der Waals surface area (Å²) < 4.78 is 38.0. The molecule has 0 saturated carbocycles. The van der Waals surface area contributed by atoms with E-state index in [-0.39, 0.29) is 10.8 Å². The van der Waals surface area contributed by atoms with E-state index < -0.39 is 10.0 Å². The number of hydrogen-bond donors (Lipinski definition) is 0. The Labute approximate surface area is 176 Å². The van der Waals surface area contributed by atoms with Crippen LogP contribution in [0.15, 0.2) is 70.0 Å². The highest BCUT2D eigenvalue weighted by Crippen LogP contribution is 2.30. The number of methoxy groups -OCH3 is 1. The first kappa shape index (κ1) is 21.4. The van der Waals surface area contributed by atoms with Crippen LogP contribution in [0, 0.1) is 6.92 Å². The number of amides is 1. The number of benzene rings is 2. The molecule has 0 spiro atoms. The number of nitrogens with zero attached hydrogens (tertiary/aromatic N) is 2. The van der Waals surface area contributed by atoms with Crippen LogP contribution in [0.1, 0.15) is 21.9 Å². The molecule has 0 radical (unpaired) electrons. The predicted octanol–water partition coefficient (Wildman–Crippen LogP) is 3.69. The third-order valence-electron chi connectivity index (χ3n) is 4.72. The quantitative estimate of drug-likeness (QED) is 0.573. The van der Waals surface area contributed by atoms with Crippen molar-refractivity contribution in [2.75, 3.05) is 25.5 Å². The van der Waals surface area contributed by atoms with Gasteiger partial charge in [0.1, 0.15) is 17.3 Å². The van der Waals surface area contributed by atoms with Gasteiger partial charge in [0.15, 0.2) is 0 Å². The van der Waals surface area contributed by atoms with Crippen molar-refractivity contribution < 1.29 is 22.4 Å². The zero-order valence-electron chi connectivity index (χ0n) is 17.3. The number of carbonyl (C=O) groups excluding carboxylic acids is 1. The third kappa shape index (κ3) is 4.33. The normalized spacial score (nSPS) is 11.2. The van der Waals surface area contributed by atoms with Gasteiger partial charge in [-0.25, -0.2) is 8.42 Å². The van der Waals surface area contributed by atoms with Gasteiger partial charge in [-0.2, -0.15) is 0 Å². The Morgan fingerprint density at radius 2 is 1.67 bits per heavy atom. The molecule has 0 saturated heterocycles. The number of para-hydroxylation sites is 2. The maximum absolute atomic E-state index is 13.0. The Kier molecular flexibility index (Phi) is 6.17. The SMILES string of the molecule is COc1ccccc1N(C)S(=O)(=O)c1ccc(C(=O)N(C)Cc2ccc(C)o2)cc1. The standard InChI is InChI=1S/C22H24N2O5S/c1-16-9-12-18(29-16)15-23(2)22(25)17-10-13-19(14-11-17)30(26,27)24(3)20-7-5-6-8-21(20)28-4/h5-14H,15H2,1-4H3. The second kappa shape index (κ2) is 8.62. The van der Waals surface area contributed by atoms with Crippen molar-refractivity contribution in [1.29, 1.82) is 0 Å². The van der Waals surface area contributed by atoms with Crippen LogP contribution in [0.4, 0.5) is 5.69 Å². The number of aryl methyl sites for hydroxylation is 1. The Bertz CT molecular complexity index is 1140. The van der Waals surface area contributed by atoms with E-state index in [1.807, 2.05) is 19.1 Å². The number of anilines is 1. The van der Waals surface area contributed by atoms with E-state index in [4.69, 9.17) is 9.15 Å². The van der Waals surface area contributed by atoms with Crippen LogP contribution in [0.5, 0.6) is 5.75 Å². The average Bonchev–Trinajstić information content (AvgIpc) is 3.17. The van der Waals surface area contributed by atoms with Crippen LogP contribution >= 0.6 is 0 Å². The van der Waals surface area contributed by atoms with E-state index in [0.717, 1.165) is 10.1 Å². The second-order valence-corrected chi connectivity index (χ2v) is 8.81. The molecule has 3 rings (SSSR count). The zero-order valence-corrected chi connectivity index (χ0v) is 18.1. The molecular formula is C22H24N2O5S. The molecule has 158 valence electrons. The fourth-order valence-electron chi connectivity index (χ4n) is 3.04. The number of ether oxygens (including phenoxy) is 1. The van der Waals surface area contributed by atoms with E-state index in [2.05, 4.69) is 0 Å². The highest BCUT2D eigenvalue weighted by atomic mass is 32.2. The lowest BCUT2D eigenvalue weighted by Gasteiger charge is -2.22. The van der Waals surface area contributed by atoms with Gasteiger partial charge in [0.2, 0.25) is 0 Å². The van der Waals surface area contributed by atoms with E-state index in [1.54, 1.807) is 31.3 Å². The molecule has 8 heteroatoms. The number of furan rings is 1. The van der Waals surface area contributed by atoms with Crippen LogP contribution in [0.2, 0.25) is 0 Å². The summed E-state index contributed by atoms with van der Waals surface area (Å²) in [6, 6.07) is 16.4. The molecule has 0 fully saturated rings. The van der Waals surface area contributed by atoms with E-state index in [0.29, 0.717) is 29.3 Å². The maximum atomic E-state index is 13.0. The summed E-state index contributed by atoms with van der Waals surface area (Å²) in [5.41, 5.74) is 0.813. The van der Waals surface area contributed by atoms with Crippen LogP contribution in [0.3, 0.4) is 0 Å². The molecule has 0 aliphatic heterocycles. The summed E-state index contributed by atoms with van der Waals surface area (Å²) in [5.74, 6) is 1.68. The first-order valence-electron chi connectivity index (χ1n) is 9.27. The van der Waals surface area contributed by atoms with Gasteiger partial charge in [-0.1, -0.05) is 12.1 Å². The van der Waals surface area contributed by atoms with Crippen molar-refractivity contribution in [1.82, 2.24) is 4.90 Å². The van der Waals surface area contributed by atoms with Gasteiger partial charge in [-0.3, -0.25) is 9.10 Å². The Hall–Kier alpha value is -3.26. The minimum absolute atomic E-state index is 0.0803. The molecule has 2 aromatic carbocycles. The van der Waals surface area contributed by atoms with Crippen molar-refractivity contribution in [2.24, 2.45) is 0 Å². The topological polar surface area (TPSA) is 80.1 Å². The van der Waals surface area contributed by atoms with Crippen molar-refractivity contribution in [3.05, 3.63) is 77.7 Å². The fraction of sp³-hybridized carbons (Fsp3) is 0.227. The van der Waals surface area contributed by atoms with Crippen molar-refractivity contribution >= 4 is 21.6 Å². The molecular weight excluding hydrogens is 404 g/mol. The Morgan fingerprint density at radius 1 is 1.00 bits per heavy atom. The lowest BCUT2D eigenvalue weighted by atomic mass is 10.2. The lowest BCUT2D eigenvalue weighted by Crippen LogP contribution is -2.28. The van der Waals surface area contributed by atoms with E-state index >= 15 is 0 Å². The second-order valence-electron chi connectivity index (χ2n) is 6.84. The first-order valence-corrected chi connectivity index (χ1v) is 10.7. The number of sulfonamides is 1. The minimum Gasteiger partial charge on any atom is -0.495 e. The van der Waals surface area contributed by atoms with Gasteiger partial charge in [0, 0.05) is 19.7 Å². The molecule has 0 unspecified atom stereocenters. The van der Waals surface area contributed by atoms with Gasteiger partial charge in [-0.05, 0) is 55.5 Å². The Balaban J connectivity index is 1.79.